The molecule has 0 aliphatic carbocycles. The number of aryl methyl sites for hydroxylation is 1. The third-order valence-electron chi connectivity index (χ3n) is 4.51. The van der Waals surface area contributed by atoms with E-state index in [9.17, 15) is 22.4 Å². The van der Waals surface area contributed by atoms with E-state index in [2.05, 4.69) is 10.6 Å². The van der Waals surface area contributed by atoms with Gasteiger partial charge in [-0.1, -0.05) is 6.42 Å². The van der Waals surface area contributed by atoms with Crippen LogP contribution < -0.4 is 10.6 Å². The van der Waals surface area contributed by atoms with Crippen molar-refractivity contribution in [3.8, 4) is 0 Å². The maximum Gasteiger partial charge on any atom is 0.309 e. The summed E-state index contributed by atoms with van der Waals surface area (Å²) in [6, 6.07) is 3.50. The molecule has 2 amide bonds. The van der Waals surface area contributed by atoms with Crippen LogP contribution in [0.5, 0.6) is 0 Å². The summed E-state index contributed by atoms with van der Waals surface area (Å²) in [5.41, 5.74) is 0.275. The normalized spacial score (nSPS) is 18.3. The molecule has 7 nitrogen and oxygen atoms in total. The number of carbonyl (C=O) groups is 2. The molecule has 0 unspecified atom stereocenters. The van der Waals surface area contributed by atoms with Crippen molar-refractivity contribution in [1.29, 1.82) is 0 Å². The standard InChI is InChI=1S/C17H24FN3O4S/c1-12-11-14(6-7-15(12)18)26(24,25)21-10-4-3-5-13(21)8-9-20-17(23)16(22)19-2/h6-7,11,13H,3-5,8-10H2,1-2H3,(H,19,22)(H,20,23)/t13-/m1/s1. The van der Waals surface area contributed by atoms with E-state index in [0.29, 0.717) is 19.4 Å². The quantitative estimate of drug-likeness (QED) is 0.737. The SMILES string of the molecule is CNC(=O)C(=O)NCC[C@H]1CCCCN1S(=O)(=O)c1ccc(F)c(C)c1. The number of carbonyl (C=O) groups excluding carboxylic acids is 2. The van der Waals surface area contributed by atoms with Crippen molar-refractivity contribution in [3.63, 3.8) is 0 Å². The number of rotatable bonds is 5. The number of likely N-dealkylation sites (N-methyl/N-ethyl adjacent to an activating group) is 1. The molecule has 1 atom stereocenters. The van der Waals surface area contributed by atoms with Crippen LogP contribution >= 0.6 is 0 Å². The first-order chi connectivity index (χ1) is 12.3. The van der Waals surface area contributed by atoms with Crippen LogP contribution in [0.3, 0.4) is 0 Å². The molecular formula is C17H24FN3O4S. The maximum atomic E-state index is 13.5. The molecule has 0 aromatic heterocycles. The van der Waals surface area contributed by atoms with Crippen molar-refractivity contribution in [2.45, 2.75) is 43.5 Å². The van der Waals surface area contributed by atoms with E-state index in [0.717, 1.165) is 18.9 Å². The Labute approximate surface area is 153 Å². The molecule has 1 aromatic carbocycles. The molecule has 0 bridgehead atoms. The Bertz CT molecular complexity index is 782. The molecule has 1 aliphatic heterocycles. The van der Waals surface area contributed by atoms with Gasteiger partial charge in [0.25, 0.3) is 0 Å². The molecule has 0 saturated carbocycles. The molecule has 1 heterocycles. The monoisotopic (exact) mass is 385 g/mol. The molecule has 1 saturated heterocycles. The molecule has 144 valence electrons. The van der Waals surface area contributed by atoms with Crippen molar-refractivity contribution in [1.82, 2.24) is 14.9 Å². The van der Waals surface area contributed by atoms with Crippen LogP contribution in [0.15, 0.2) is 23.1 Å². The van der Waals surface area contributed by atoms with Gasteiger partial charge in [0.2, 0.25) is 10.0 Å². The Morgan fingerprint density at radius 1 is 1.27 bits per heavy atom. The third kappa shape index (κ3) is 4.59. The number of nitrogens with one attached hydrogen (secondary N) is 2. The van der Waals surface area contributed by atoms with Gasteiger partial charge in [0, 0.05) is 26.2 Å². The van der Waals surface area contributed by atoms with E-state index in [1.54, 1.807) is 0 Å². The number of amides is 2. The van der Waals surface area contributed by atoms with Crippen LogP contribution in [0.2, 0.25) is 0 Å². The first-order valence-corrected chi connectivity index (χ1v) is 9.99. The van der Waals surface area contributed by atoms with Gasteiger partial charge in [0.1, 0.15) is 5.82 Å². The largest absolute Gasteiger partial charge is 0.351 e. The average molecular weight is 385 g/mol. The van der Waals surface area contributed by atoms with Gasteiger partial charge in [0.05, 0.1) is 4.90 Å². The van der Waals surface area contributed by atoms with Gasteiger partial charge in [0.15, 0.2) is 0 Å². The fraction of sp³-hybridized carbons (Fsp3) is 0.529. The first-order valence-electron chi connectivity index (χ1n) is 8.55. The highest BCUT2D eigenvalue weighted by molar-refractivity contribution is 7.89. The minimum atomic E-state index is -3.75. The zero-order valence-electron chi connectivity index (χ0n) is 14.9. The second-order valence-corrected chi connectivity index (χ2v) is 8.19. The Hall–Kier alpha value is -2.00. The molecule has 0 spiro atoms. The van der Waals surface area contributed by atoms with Gasteiger partial charge in [-0.25, -0.2) is 12.8 Å². The third-order valence-corrected chi connectivity index (χ3v) is 6.45. The lowest BCUT2D eigenvalue weighted by Gasteiger charge is -2.34. The Kier molecular flexibility index (Phi) is 6.71. The summed E-state index contributed by atoms with van der Waals surface area (Å²) >= 11 is 0. The highest BCUT2D eigenvalue weighted by Crippen LogP contribution is 2.27. The fourth-order valence-corrected chi connectivity index (χ4v) is 4.85. The van der Waals surface area contributed by atoms with Crippen LogP contribution in [0.1, 0.15) is 31.2 Å². The predicted octanol–water partition coefficient (Wildman–Crippen LogP) is 0.930. The molecule has 9 heteroatoms. The second-order valence-electron chi connectivity index (χ2n) is 6.30. The summed E-state index contributed by atoms with van der Waals surface area (Å²) in [5.74, 6) is -1.93. The number of hydrogen-bond donors (Lipinski definition) is 2. The highest BCUT2D eigenvalue weighted by Gasteiger charge is 2.33. The summed E-state index contributed by atoms with van der Waals surface area (Å²) in [6.45, 7) is 2.11. The van der Waals surface area contributed by atoms with Gasteiger partial charge in [-0.3, -0.25) is 9.59 Å². The highest BCUT2D eigenvalue weighted by atomic mass is 32.2. The number of hydrogen-bond acceptors (Lipinski definition) is 4. The fourth-order valence-electron chi connectivity index (χ4n) is 3.04. The summed E-state index contributed by atoms with van der Waals surface area (Å²) < 4.78 is 40.8. The summed E-state index contributed by atoms with van der Waals surface area (Å²) in [5, 5.41) is 4.72. The first kappa shape index (κ1) is 20.3. The zero-order chi connectivity index (χ0) is 19.3. The predicted molar refractivity (Wildman–Crippen MR) is 94.4 cm³/mol. The zero-order valence-corrected chi connectivity index (χ0v) is 15.7. The molecule has 2 N–H and O–H groups in total. The lowest BCUT2D eigenvalue weighted by molar-refractivity contribution is -0.138. The van der Waals surface area contributed by atoms with Gasteiger partial charge >= 0.3 is 11.8 Å². The van der Waals surface area contributed by atoms with E-state index in [1.165, 1.54) is 30.4 Å². The number of halogens is 1. The average Bonchev–Trinajstić information content (AvgIpc) is 2.63. The van der Waals surface area contributed by atoms with Crippen LogP contribution in [0.25, 0.3) is 0 Å². The van der Waals surface area contributed by atoms with Crippen molar-refractivity contribution in [2.75, 3.05) is 20.1 Å². The second kappa shape index (κ2) is 8.59. The Balaban J connectivity index is 2.10. The summed E-state index contributed by atoms with van der Waals surface area (Å²) in [4.78, 5) is 22.8. The van der Waals surface area contributed by atoms with Crippen LogP contribution in [0, 0.1) is 12.7 Å². The van der Waals surface area contributed by atoms with E-state index >= 15 is 0 Å². The van der Waals surface area contributed by atoms with Gasteiger partial charge in [-0.15, -0.1) is 0 Å². The van der Waals surface area contributed by atoms with E-state index in [4.69, 9.17) is 0 Å². The van der Waals surface area contributed by atoms with Gasteiger partial charge in [-0.2, -0.15) is 4.31 Å². The van der Waals surface area contributed by atoms with E-state index < -0.39 is 27.7 Å². The molecule has 2 rings (SSSR count). The number of benzene rings is 1. The van der Waals surface area contributed by atoms with E-state index in [-0.39, 0.29) is 23.0 Å². The topological polar surface area (TPSA) is 95.6 Å². The lowest BCUT2D eigenvalue weighted by atomic mass is 10.0. The number of piperidine rings is 1. The lowest BCUT2D eigenvalue weighted by Crippen LogP contribution is -2.46. The van der Waals surface area contributed by atoms with Gasteiger partial charge in [-0.05, 0) is 49.9 Å². The maximum absolute atomic E-state index is 13.5. The minimum absolute atomic E-state index is 0.0673. The van der Waals surface area contributed by atoms with Gasteiger partial charge < -0.3 is 10.6 Å². The number of sulfonamides is 1. The summed E-state index contributed by atoms with van der Waals surface area (Å²) in [6.07, 6.45) is 2.72. The van der Waals surface area contributed by atoms with Crippen LogP contribution in [-0.4, -0.2) is 50.7 Å². The molecule has 1 aliphatic rings. The van der Waals surface area contributed by atoms with Crippen molar-refractivity contribution >= 4 is 21.8 Å². The number of nitrogens with zero attached hydrogens (tertiary/aromatic N) is 1. The molecular weight excluding hydrogens is 361 g/mol. The van der Waals surface area contributed by atoms with Crippen molar-refractivity contribution in [2.24, 2.45) is 0 Å². The van der Waals surface area contributed by atoms with Crippen molar-refractivity contribution < 1.29 is 22.4 Å². The van der Waals surface area contributed by atoms with Crippen molar-refractivity contribution in [3.05, 3.63) is 29.6 Å². The smallest absolute Gasteiger partial charge is 0.309 e. The van der Waals surface area contributed by atoms with E-state index in [1.807, 2.05) is 0 Å². The molecule has 0 radical (unpaired) electrons. The minimum Gasteiger partial charge on any atom is -0.351 e. The Morgan fingerprint density at radius 3 is 2.65 bits per heavy atom. The summed E-state index contributed by atoms with van der Waals surface area (Å²) in [7, 11) is -2.38. The van der Waals surface area contributed by atoms with Crippen LogP contribution in [-0.2, 0) is 19.6 Å². The Morgan fingerprint density at radius 2 is 2.00 bits per heavy atom. The molecule has 1 aromatic rings. The molecule has 1 fully saturated rings. The van der Waals surface area contributed by atoms with Crippen LogP contribution in [0.4, 0.5) is 4.39 Å². The molecule has 26 heavy (non-hydrogen) atoms.